The molecule has 0 N–H and O–H groups in total. The van der Waals surface area contributed by atoms with Crippen LogP contribution in [-0.2, 0) is 32.7 Å². The van der Waals surface area contributed by atoms with E-state index in [0.717, 1.165) is 44.9 Å². The molecule has 10 heteroatoms. The number of hydrogen-bond donors (Lipinski definition) is 0. The van der Waals surface area contributed by atoms with E-state index in [9.17, 15) is 19.0 Å². The number of quaternary nitrogens is 1. The number of esters is 2. The van der Waals surface area contributed by atoms with Crippen LogP contribution in [0.5, 0.6) is 0 Å². The summed E-state index contributed by atoms with van der Waals surface area (Å²) in [6.07, 6.45) is 24.8. The first-order valence-corrected chi connectivity index (χ1v) is 17.2. The predicted molar refractivity (Wildman–Crippen MR) is 167 cm³/mol. The summed E-state index contributed by atoms with van der Waals surface area (Å²) in [4.78, 5) is 36.3. The van der Waals surface area contributed by atoms with Crippen LogP contribution in [0, 0.1) is 0 Å². The Morgan fingerprint density at radius 2 is 1.36 bits per heavy atom. The Labute approximate surface area is 255 Å². The molecule has 0 aliphatic carbocycles. The Kier molecular flexibility index (Phi) is 24.6. The van der Waals surface area contributed by atoms with E-state index in [1.807, 2.05) is 28.1 Å². The molecule has 9 nitrogen and oxygen atoms in total. The zero-order valence-corrected chi connectivity index (χ0v) is 27.8. The van der Waals surface area contributed by atoms with E-state index in [2.05, 4.69) is 43.4 Å². The maximum Gasteiger partial charge on any atom is 0.306 e. The van der Waals surface area contributed by atoms with E-state index in [0.29, 0.717) is 23.9 Å². The predicted octanol–water partition coefficient (Wildman–Crippen LogP) is 6.82. The fourth-order valence-electron chi connectivity index (χ4n) is 3.70. The van der Waals surface area contributed by atoms with Gasteiger partial charge in [0.05, 0.1) is 27.7 Å². The molecule has 0 fully saturated rings. The van der Waals surface area contributed by atoms with Crippen LogP contribution in [0.25, 0.3) is 0 Å². The van der Waals surface area contributed by atoms with Gasteiger partial charge in [-0.1, -0.05) is 82.4 Å². The molecule has 0 heterocycles. The van der Waals surface area contributed by atoms with Crippen molar-refractivity contribution >= 4 is 19.8 Å². The SMILES string of the molecule is CC/C=C\C/C=C\C/C=C\CCCCCCCCCC(=O)OC(COC(=O)CCC)COP(=O)([O-])OCC[N+](C)(C)C. The Morgan fingerprint density at radius 1 is 0.762 bits per heavy atom. The number of carbonyl (C=O) groups is 2. The molecule has 0 radical (unpaired) electrons. The summed E-state index contributed by atoms with van der Waals surface area (Å²) in [7, 11) is 1.14. The first kappa shape index (κ1) is 40.2. The molecule has 42 heavy (non-hydrogen) atoms. The largest absolute Gasteiger partial charge is 0.756 e. The molecule has 0 aromatic rings. The lowest BCUT2D eigenvalue weighted by atomic mass is 10.1. The number of phosphoric acid groups is 1. The first-order valence-electron chi connectivity index (χ1n) is 15.7. The van der Waals surface area contributed by atoms with Crippen LogP contribution in [0.15, 0.2) is 36.5 Å². The number of hydrogen-bond acceptors (Lipinski definition) is 8. The molecule has 0 saturated heterocycles. The van der Waals surface area contributed by atoms with Gasteiger partial charge in [-0.3, -0.25) is 14.2 Å². The quantitative estimate of drug-likeness (QED) is 0.0325. The maximum atomic E-state index is 12.4. The van der Waals surface area contributed by atoms with Crippen molar-refractivity contribution < 1.29 is 42.1 Å². The molecule has 0 amide bonds. The minimum absolute atomic E-state index is 0.0350. The molecule has 2 atom stereocenters. The Balaban J connectivity index is 4.19. The van der Waals surface area contributed by atoms with E-state index >= 15 is 0 Å². The van der Waals surface area contributed by atoms with Crippen LogP contribution >= 0.6 is 7.82 Å². The molecule has 244 valence electrons. The Bertz CT molecular complexity index is 835. The third kappa shape index (κ3) is 28.4. The monoisotopic (exact) mass is 615 g/mol. The molecule has 2 unspecified atom stereocenters. The highest BCUT2D eigenvalue weighted by Crippen LogP contribution is 2.38. The number of ether oxygens (including phenoxy) is 2. The second-order valence-electron chi connectivity index (χ2n) is 11.4. The Morgan fingerprint density at radius 3 is 1.98 bits per heavy atom. The lowest BCUT2D eigenvalue weighted by Gasteiger charge is -2.28. The number of carbonyl (C=O) groups excluding carboxylic acids is 2. The molecular weight excluding hydrogens is 557 g/mol. The highest BCUT2D eigenvalue weighted by molar-refractivity contribution is 7.45. The molecule has 0 aromatic carbocycles. The molecule has 0 rings (SSSR count). The standard InChI is InChI=1S/C32H58NO8P/c1-6-8-9-10-11-12-13-14-15-16-17-18-19-20-21-22-23-25-32(35)41-30(28-38-31(34)24-7-2)29-40-42(36,37)39-27-26-33(3,4)5/h8-9,11-12,14-15,30H,6-7,10,13,16-29H2,1-5H3/b9-8-,12-11-,15-14-. The minimum Gasteiger partial charge on any atom is -0.756 e. The van der Waals surface area contributed by atoms with Crippen molar-refractivity contribution in [2.45, 2.75) is 110 Å². The van der Waals surface area contributed by atoms with E-state index in [-0.39, 0.29) is 26.1 Å². The van der Waals surface area contributed by atoms with Gasteiger partial charge >= 0.3 is 11.9 Å². The van der Waals surface area contributed by atoms with E-state index in [4.69, 9.17) is 18.5 Å². The van der Waals surface area contributed by atoms with Crippen molar-refractivity contribution in [1.29, 1.82) is 0 Å². The summed E-state index contributed by atoms with van der Waals surface area (Å²) < 4.78 is 33.0. The number of unbranched alkanes of at least 4 members (excludes halogenated alkanes) is 7. The summed E-state index contributed by atoms with van der Waals surface area (Å²) in [5.74, 6) is -0.914. The third-order valence-electron chi connectivity index (χ3n) is 6.14. The third-order valence-corrected chi connectivity index (χ3v) is 7.11. The van der Waals surface area contributed by atoms with Crippen molar-refractivity contribution in [3.8, 4) is 0 Å². The van der Waals surface area contributed by atoms with Gasteiger partial charge < -0.3 is 27.9 Å². The van der Waals surface area contributed by atoms with Crippen molar-refractivity contribution in [2.75, 3.05) is 47.5 Å². The van der Waals surface area contributed by atoms with Gasteiger partial charge in [-0.2, -0.15) is 0 Å². The molecule has 0 saturated carbocycles. The van der Waals surface area contributed by atoms with Crippen LogP contribution in [0.3, 0.4) is 0 Å². The van der Waals surface area contributed by atoms with Crippen LogP contribution in [-0.4, -0.2) is 70.0 Å². The van der Waals surface area contributed by atoms with Gasteiger partial charge in [0.15, 0.2) is 6.10 Å². The average molecular weight is 616 g/mol. The molecule has 0 aromatic heterocycles. The second-order valence-corrected chi connectivity index (χ2v) is 12.9. The van der Waals surface area contributed by atoms with Gasteiger partial charge in [0, 0.05) is 12.8 Å². The van der Waals surface area contributed by atoms with Crippen molar-refractivity contribution in [3.05, 3.63) is 36.5 Å². The number of rotatable bonds is 27. The Hall–Kier alpha value is -1.77. The zero-order chi connectivity index (χ0) is 31.5. The van der Waals surface area contributed by atoms with Gasteiger partial charge in [0.25, 0.3) is 7.82 Å². The lowest BCUT2D eigenvalue weighted by molar-refractivity contribution is -0.870. The summed E-state index contributed by atoms with van der Waals surface area (Å²) in [5, 5.41) is 0. The van der Waals surface area contributed by atoms with Crippen LogP contribution in [0.4, 0.5) is 0 Å². The summed E-state index contributed by atoms with van der Waals surface area (Å²) in [6, 6.07) is 0. The van der Waals surface area contributed by atoms with Gasteiger partial charge in [-0.15, -0.1) is 0 Å². The first-order chi connectivity index (χ1) is 20.0. The molecule has 0 spiro atoms. The van der Waals surface area contributed by atoms with Crippen LogP contribution in [0.2, 0.25) is 0 Å². The van der Waals surface area contributed by atoms with Gasteiger partial charge in [-0.25, -0.2) is 0 Å². The zero-order valence-electron chi connectivity index (χ0n) is 26.9. The van der Waals surface area contributed by atoms with Crippen molar-refractivity contribution in [1.82, 2.24) is 0 Å². The number of phosphoric ester groups is 1. The maximum absolute atomic E-state index is 12.4. The van der Waals surface area contributed by atoms with Gasteiger partial charge in [0.1, 0.15) is 19.8 Å². The van der Waals surface area contributed by atoms with E-state index in [1.165, 1.54) is 19.3 Å². The number of allylic oxidation sites excluding steroid dienone is 6. The van der Waals surface area contributed by atoms with E-state index in [1.54, 1.807) is 0 Å². The van der Waals surface area contributed by atoms with Crippen molar-refractivity contribution in [2.24, 2.45) is 0 Å². The number of likely N-dealkylation sites (N-methyl/N-ethyl adjacent to an activating group) is 1. The fraction of sp³-hybridized carbons (Fsp3) is 0.750. The summed E-state index contributed by atoms with van der Waals surface area (Å²) in [6.45, 7) is 3.67. The van der Waals surface area contributed by atoms with Gasteiger partial charge in [-0.05, 0) is 44.9 Å². The average Bonchev–Trinajstić information content (AvgIpc) is 2.91. The molecule has 0 bridgehead atoms. The fourth-order valence-corrected chi connectivity index (χ4v) is 4.43. The van der Waals surface area contributed by atoms with Crippen molar-refractivity contribution in [3.63, 3.8) is 0 Å². The topological polar surface area (TPSA) is 111 Å². The van der Waals surface area contributed by atoms with Gasteiger partial charge in [0.2, 0.25) is 0 Å². The minimum atomic E-state index is -4.59. The summed E-state index contributed by atoms with van der Waals surface area (Å²) in [5.41, 5.74) is 0. The lowest BCUT2D eigenvalue weighted by Crippen LogP contribution is -2.37. The number of nitrogens with zero attached hydrogens (tertiary/aromatic N) is 1. The van der Waals surface area contributed by atoms with Crippen LogP contribution < -0.4 is 4.89 Å². The van der Waals surface area contributed by atoms with E-state index < -0.39 is 32.5 Å². The molecule has 0 aliphatic heterocycles. The van der Waals surface area contributed by atoms with Crippen LogP contribution in [0.1, 0.15) is 104 Å². The second kappa shape index (κ2) is 25.7. The summed E-state index contributed by atoms with van der Waals surface area (Å²) >= 11 is 0. The molecular formula is C32H58NO8P. The highest BCUT2D eigenvalue weighted by Gasteiger charge is 2.21. The highest BCUT2D eigenvalue weighted by atomic mass is 31.2. The smallest absolute Gasteiger partial charge is 0.306 e. The normalized spacial score (nSPS) is 14.5. The molecule has 0 aliphatic rings.